The minimum atomic E-state index is -4.72. The average Bonchev–Trinajstić information content (AvgIpc) is 3.17. The highest BCUT2D eigenvalue weighted by Crippen LogP contribution is 2.40. The van der Waals surface area contributed by atoms with Gasteiger partial charge in [0.25, 0.3) is 0 Å². The topological polar surface area (TPSA) is 34.1 Å². The highest BCUT2D eigenvalue weighted by molar-refractivity contribution is 6.35. The molecule has 0 saturated heterocycles. The third-order valence-corrected chi connectivity index (χ3v) is 6.06. The monoisotopic (exact) mass is 552 g/mol. The predicted molar refractivity (Wildman–Crippen MR) is 122 cm³/mol. The molecule has 2 atom stereocenters. The van der Waals surface area contributed by atoms with Gasteiger partial charge in [-0.3, -0.25) is 9.59 Å². The number of carbonyl (C=O) groups is 2. The maximum absolute atomic E-state index is 13.7. The highest BCUT2D eigenvalue weighted by atomic mass is 35.5. The van der Waals surface area contributed by atoms with Crippen LogP contribution in [0.4, 0.5) is 30.7 Å². The van der Waals surface area contributed by atoms with Crippen LogP contribution in [0.5, 0.6) is 0 Å². The number of benzene rings is 2. The van der Waals surface area contributed by atoms with Crippen LogP contribution in [0.2, 0.25) is 10.0 Å². The fourth-order valence-electron chi connectivity index (χ4n) is 3.81. The lowest BCUT2D eigenvalue weighted by atomic mass is 9.92. The Morgan fingerprint density at radius 1 is 0.972 bits per heavy atom. The molecule has 0 saturated carbocycles. The van der Waals surface area contributed by atoms with E-state index in [1.165, 1.54) is 24.3 Å². The molecule has 1 aliphatic carbocycles. The highest BCUT2D eigenvalue weighted by Gasteiger charge is 2.39. The van der Waals surface area contributed by atoms with E-state index in [2.05, 4.69) is 0 Å². The second-order valence-corrected chi connectivity index (χ2v) is 9.01. The van der Waals surface area contributed by atoms with Gasteiger partial charge in [-0.15, -0.1) is 0 Å². The second-order valence-electron chi connectivity index (χ2n) is 8.20. The van der Waals surface area contributed by atoms with Crippen molar-refractivity contribution in [2.75, 3.05) is 0 Å². The zero-order valence-electron chi connectivity index (χ0n) is 18.2. The van der Waals surface area contributed by atoms with Crippen molar-refractivity contribution in [3.63, 3.8) is 0 Å². The number of ketones is 2. The van der Waals surface area contributed by atoms with Crippen LogP contribution in [0.3, 0.4) is 0 Å². The van der Waals surface area contributed by atoms with Gasteiger partial charge in [0.05, 0.1) is 21.9 Å². The molecule has 11 heteroatoms. The van der Waals surface area contributed by atoms with Gasteiger partial charge in [0.15, 0.2) is 5.82 Å². The lowest BCUT2D eigenvalue weighted by molar-refractivity contribution is -0.153. The molecule has 2 aromatic rings. The van der Waals surface area contributed by atoms with E-state index in [1.807, 2.05) is 0 Å². The van der Waals surface area contributed by atoms with E-state index < -0.39 is 64.5 Å². The Balaban J connectivity index is 1.75. The van der Waals surface area contributed by atoms with Gasteiger partial charge in [0, 0.05) is 12.8 Å². The van der Waals surface area contributed by atoms with E-state index in [9.17, 15) is 40.3 Å². The summed E-state index contributed by atoms with van der Waals surface area (Å²) in [6, 6.07) is 6.26. The van der Waals surface area contributed by atoms with Crippen molar-refractivity contribution in [3.8, 4) is 0 Å². The number of hydrogen-bond donors (Lipinski definition) is 0. The molecule has 0 aliphatic heterocycles. The Hall–Kier alpha value is -2.65. The third kappa shape index (κ3) is 6.97. The summed E-state index contributed by atoms with van der Waals surface area (Å²) in [4.78, 5) is 23.9. The Labute approximate surface area is 211 Å². The van der Waals surface area contributed by atoms with E-state index in [-0.39, 0.29) is 12.0 Å². The van der Waals surface area contributed by atoms with Gasteiger partial charge in [-0.1, -0.05) is 59.6 Å². The minimum absolute atomic E-state index is 0.345. The summed E-state index contributed by atoms with van der Waals surface area (Å²) >= 11 is 11.3. The number of fused-ring (bicyclic) bond motifs is 1. The van der Waals surface area contributed by atoms with Gasteiger partial charge in [-0.25, -0.2) is 4.39 Å². The normalized spacial score (nSPS) is 16.4. The van der Waals surface area contributed by atoms with Gasteiger partial charge < -0.3 is 0 Å². The molecule has 0 fully saturated rings. The molecular formula is C25H17Cl2F7O2. The number of hydrogen-bond acceptors (Lipinski definition) is 2. The zero-order valence-corrected chi connectivity index (χ0v) is 19.7. The maximum Gasteiger partial charge on any atom is 0.399 e. The first kappa shape index (κ1) is 27.9. The van der Waals surface area contributed by atoms with Crippen molar-refractivity contribution in [1.29, 1.82) is 0 Å². The first-order chi connectivity index (χ1) is 16.7. The van der Waals surface area contributed by atoms with Gasteiger partial charge in [-0.2, -0.15) is 26.3 Å². The van der Waals surface area contributed by atoms with Gasteiger partial charge >= 0.3 is 12.4 Å². The summed E-state index contributed by atoms with van der Waals surface area (Å²) in [5, 5.41) is -1.09. The zero-order chi connectivity index (χ0) is 26.8. The smallest absolute Gasteiger partial charge is 0.299 e. The van der Waals surface area contributed by atoms with Crippen LogP contribution in [0, 0.1) is 5.82 Å². The molecule has 0 N–H and O–H groups in total. The molecule has 0 amide bonds. The molecule has 2 unspecified atom stereocenters. The van der Waals surface area contributed by atoms with E-state index in [1.54, 1.807) is 12.1 Å². The summed E-state index contributed by atoms with van der Waals surface area (Å²) in [6.45, 7) is 0. The fourth-order valence-corrected chi connectivity index (χ4v) is 4.31. The number of alkyl halides is 6. The lowest BCUT2D eigenvalue weighted by Gasteiger charge is -2.18. The molecule has 0 heterocycles. The Kier molecular flexibility index (Phi) is 8.35. The van der Waals surface area contributed by atoms with Crippen molar-refractivity contribution < 1.29 is 40.3 Å². The molecule has 192 valence electrons. The molecule has 2 aromatic carbocycles. The number of carbonyl (C=O) groups excluding carboxylic acids is 2. The third-order valence-electron chi connectivity index (χ3n) is 5.51. The number of halogens is 9. The van der Waals surface area contributed by atoms with Crippen LogP contribution in [0.1, 0.15) is 53.4 Å². The van der Waals surface area contributed by atoms with Crippen LogP contribution in [-0.4, -0.2) is 23.9 Å². The summed E-state index contributed by atoms with van der Waals surface area (Å²) in [5.41, 5.74) is 1.11. The molecule has 0 bridgehead atoms. The van der Waals surface area contributed by atoms with Crippen LogP contribution in [-0.2, 0) is 9.59 Å². The van der Waals surface area contributed by atoms with Crippen molar-refractivity contribution in [1.82, 2.24) is 0 Å². The summed E-state index contributed by atoms with van der Waals surface area (Å²) in [5.74, 6) is -5.43. The Bertz CT molecular complexity index is 1210. The second kappa shape index (κ2) is 10.8. The summed E-state index contributed by atoms with van der Waals surface area (Å²) in [7, 11) is 0. The molecule has 2 nitrogen and oxygen atoms in total. The van der Waals surface area contributed by atoms with Crippen LogP contribution >= 0.6 is 23.2 Å². The molecule has 36 heavy (non-hydrogen) atoms. The lowest BCUT2D eigenvalue weighted by Crippen LogP contribution is -2.19. The van der Waals surface area contributed by atoms with E-state index in [0.717, 1.165) is 18.2 Å². The molecule has 1 aliphatic rings. The summed E-state index contributed by atoms with van der Waals surface area (Å²) in [6.07, 6.45) is -6.66. The van der Waals surface area contributed by atoms with E-state index >= 15 is 0 Å². The Morgan fingerprint density at radius 2 is 1.61 bits per heavy atom. The molecule has 0 spiro atoms. The Morgan fingerprint density at radius 3 is 2.19 bits per heavy atom. The van der Waals surface area contributed by atoms with Gasteiger partial charge in [0.2, 0.25) is 0 Å². The van der Waals surface area contributed by atoms with Crippen molar-refractivity contribution >= 4 is 46.9 Å². The first-order valence-corrected chi connectivity index (χ1v) is 11.2. The molecule has 0 radical (unpaired) electrons. The van der Waals surface area contributed by atoms with E-state index in [4.69, 9.17) is 23.2 Å². The summed E-state index contributed by atoms with van der Waals surface area (Å²) < 4.78 is 91.5. The predicted octanol–water partition coefficient (Wildman–Crippen LogP) is 8.47. The minimum Gasteiger partial charge on any atom is -0.299 e. The molecule has 0 aromatic heterocycles. The maximum atomic E-state index is 13.7. The van der Waals surface area contributed by atoms with Crippen molar-refractivity contribution in [2.24, 2.45) is 0 Å². The van der Waals surface area contributed by atoms with Crippen molar-refractivity contribution in [2.45, 2.75) is 43.5 Å². The van der Waals surface area contributed by atoms with Crippen LogP contribution < -0.4 is 0 Å². The van der Waals surface area contributed by atoms with Crippen LogP contribution in [0.25, 0.3) is 12.2 Å². The average molecular weight is 553 g/mol. The molecule has 3 rings (SSSR count). The number of rotatable bonds is 8. The van der Waals surface area contributed by atoms with Crippen molar-refractivity contribution in [3.05, 3.63) is 80.6 Å². The molecular weight excluding hydrogens is 536 g/mol. The SMILES string of the molecule is O=C(CCC(=O)C1C=Cc2cc(/C=C/C(c3cc(Cl)c(F)c(Cl)c3)C(F)(F)F)ccc21)CC(F)(F)F. The number of Topliss-reactive ketones (excluding diaryl/α,β-unsaturated/α-hetero) is 2. The first-order valence-electron chi connectivity index (χ1n) is 10.5. The van der Waals surface area contributed by atoms with Gasteiger partial charge in [-0.05, 0) is 40.5 Å². The quantitative estimate of drug-likeness (QED) is 0.243. The van der Waals surface area contributed by atoms with Crippen LogP contribution in [0.15, 0.2) is 42.5 Å². The standard InChI is InChI=1S/C25H17Cl2F7O2/c26-20-10-15(11-21(27)23(20)28)19(25(32,33)34)7-2-13-1-5-17-14(9-13)3-6-18(17)22(36)8-4-16(35)12-24(29,30)31/h1-3,5-7,9-11,18-19H,4,8,12H2/b7-2+. The van der Waals surface area contributed by atoms with E-state index in [0.29, 0.717) is 16.7 Å². The largest absolute Gasteiger partial charge is 0.399 e. The number of allylic oxidation sites excluding steroid dienone is 2. The fraction of sp³-hybridized carbons (Fsp3) is 0.280. The van der Waals surface area contributed by atoms with Gasteiger partial charge in [0.1, 0.15) is 18.0 Å².